The van der Waals surface area contributed by atoms with Crippen molar-refractivity contribution in [2.75, 3.05) is 5.32 Å². The summed E-state index contributed by atoms with van der Waals surface area (Å²) in [6, 6.07) is 10.6. The molecular formula is C14H11N3O2. The third-order valence-electron chi connectivity index (χ3n) is 2.59. The summed E-state index contributed by atoms with van der Waals surface area (Å²) < 4.78 is 0. The highest BCUT2D eigenvalue weighted by Crippen LogP contribution is 2.23. The number of pyridine rings is 1. The predicted octanol–water partition coefficient (Wildman–Crippen LogP) is 2.70. The van der Waals surface area contributed by atoms with Gasteiger partial charge >= 0.3 is 5.97 Å². The second-order valence-electron chi connectivity index (χ2n) is 3.96. The molecule has 1 aromatic heterocycles. The third kappa shape index (κ3) is 2.69. The second-order valence-corrected chi connectivity index (χ2v) is 3.96. The van der Waals surface area contributed by atoms with Crippen molar-refractivity contribution in [1.82, 2.24) is 4.98 Å². The maximum absolute atomic E-state index is 11.1. The van der Waals surface area contributed by atoms with Gasteiger partial charge in [-0.3, -0.25) is 4.98 Å². The van der Waals surface area contributed by atoms with E-state index in [1.54, 1.807) is 37.3 Å². The number of benzene rings is 1. The number of carbonyl (C=O) groups is 1. The van der Waals surface area contributed by atoms with Crippen LogP contribution in [0.25, 0.3) is 0 Å². The molecule has 0 fully saturated rings. The number of nitrogens with zero attached hydrogens (tertiary/aromatic N) is 2. The van der Waals surface area contributed by atoms with E-state index in [-0.39, 0.29) is 5.56 Å². The van der Waals surface area contributed by atoms with E-state index in [0.717, 1.165) is 0 Å². The molecule has 0 atom stereocenters. The van der Waals surface area contributed by atoms with E-state index in [0.29, 0.717) is 22.6 Å². The molecule has 0 radical (unpaired) electrons. The topological polar surface area (TPSA) is 86.0 Å². The van der Waals surface area contributed by atoms with Gasteiger partial charge in [0.2, 0.25) is 0 Å². The van der Waals surface area contributed by atoms with Gasteiger partial charge in [0.15, 0.2) is 0 Å². The van der Waals surface area contributed by atoms with Gasteiger partial charge in [0.1, 0.15) is 11.6 Å². The van der Waals surface area contributed by atoms with Gasteiger partial charge in [-0.25, -0.2) is 4.79 Å². The molecule has 0 aliphatic heterocycles. The van der Waals surface area contributed by atoms with Crippen LogP contribution in [0.15, 0.2) is 36.5 Å². The van der Waals surface area contributed by atoms with Crippen LogP contribution in [0.5, 0.6) is 0 Å². The molecule has 0 saturated carbocycles. The van der Waals surface area contributed by atoms with Crippen LogP contribution >= 0.6 is 0 Å². The Morgan fingerprint density at radius 3 is 2.79 bits per heavy atom. The summed E-state index contributed by atoms with van der Waals surface area (Å²) in [6.45, 7) is 1.77. The average Bonchev–Trinajstić information content (AvgIpc) is 2.39. The number of carboxylic acids is 1. The number of nitriles is 1. The number of aromatic carboxylic acids is 1. The molecule has 0 unspecified atom stereocenters. The Balaban J connectivity index is 2.46. The van der Waals surface area contributed by atoms with Gasteiger partial charge in [-0.2, -0.15) is 5.26 Å². The Hall–Kier alpha value is -2.87. The summed E-state index contributed by atoms with van der Waals surface area (Å²) in [5, 5.41) is 21.1. The molecule has 1 heterocycles. The summed E-state index contributed by atoms with van der Waals surface area (Å²) in [4.78, 5) is 15.1. The highest BCUT2D eigenvalue weighted by molar-refractivity contribution is 5.95. The lowest BCUT2D eigenvalue weighted by Gasteiger charge is -2.11. The fourth-order valence-corrected chi connectivity index (χ4v) is 1.67. The van der Waals surface area contributed by atoms with E-state index >= 15 is 0 Å². The number of aromatic nitrogens is 1. The van der Waals surface area contributed by atoms with E-state index in [9.17, 15) is 4.79 Å². The summed E-state index contributed by atoms with van der Waals surface area (Å²) >= 11 is 0. The molecule has 2 N–H and O–H groups in total. The molecule has 0 aliphatic carbocycles. The first-order chi connectivity index (χ1) is 9.11. The number of carboxylic acid groups (broad SMARTS) is 1. The number of nitrogens with one attached hydrogen (secondary N) is 1. The number of para-hydroxylation sites is 1. The summed E-state index contributed by atoms with van der Waals surface area (Å²) in [7, 11) is 0. The molecule has 5 heteroatoms. The van der Waals surface area contributed by atoms with Crippen molar-refractivity contribution in [2.24, 2.45) is 0 Å². The lowest BCUT2D eigenvalue weighted by atomic mass is 10.1. The third-order valence-corrected chi connectivity index (χ3v) is 2.59. The molecule has 19 heavy (non-hydrogen) atoms. The van der Waals surface area contributed by atoms with Crippen molar-refractivity contribution in [1.29, 1.82) is 5.26 Å². The lowest BCUT2D eigenvalue weighted by molar-refractivity contribution is 0.0697. The van der Waals surface area contributed by atoms with Crippen LogP contribution < -0.4 is 5.32 Å². The van der Waals surface area contributed by atoms with Crippen LogP contribution in [-0.2, 0) is 0 Å². The van der Waals surface area contributed by atoms with Crippen LogP contribution in [0.3, 0.4) is 0 Å². The van der Waals surface area contributed by atoms with Crippen molar-refractivity contribution in [2.45, 2.75) is 6.92 Å². The molecular weight excluding hydrogens is 242 g/mol. The highest BCUT2D eigenvalue weighted by atomic mass is 16.4. The zero-order chi connectivity index (χ0) is 13.8. The fraction of sp³-hybridized carbons (Fsp3) is 0.0714. The Kier molecular flexibility index (Phi) is 3.44. The normalized spacial score (nSPS) is 9.68. The van der Waals surface area contributed by atoms with E-state index in [1.807, 2.05) is 0 Å². The number of anilines is 2. The van der Waals surface area contributed by atoms with Crippen LogP contribution in [0.1, 0.15) is 21.6 Å². The minimum Gasteiger partial charge on any atom is -0.478 e. The Morgan fingerprint density at radius 2 is 2.11 bits per heavy atom. The number of hydrogen-bond acceptors (Lipinski definition) is 4. The van der Waals surface area contributed by atoms with Crippen molar-refractivity contribution in [3.63, 3.8) is 0 Å². The standard InChI is InChI=1S/C14H11N3O2/c1-9-6-13(11(8-16-9)14(18)19)17-12-5-3-2-4-10(12)7-15/h2-6,8H,1H3,(H,16,17)(H,18,19). The quantitative estimate of drug-likeness (QED) is 0.878. The Bertz CT molecular complexity index is 675. The van der Waals surface area contributed by atoms with Crippen molar-refractivity contribution < 1.29 is 9.90 Å². The van der Waals surface area contributed by atoms with Crippen molar-refractivity contribution in [3.05, 3.63) is 53.3 Å². The van der Waals surface area contributed by atoms with E-state index in [2.05, 4.69) is 16.4 Å². The van der Waals surface area contributed by atoms with Gasteiger partial charge in [-0.05, 0) is 25.1 Å². The summed E-state index contributed by atoms with van der Waals surface area (Å²) in [5.74, 6) is -1.07. The minimum absolute atomic E-state index is 0.0679. The molecule has 0 amide bonds. The van der Waals surface area contributed by atoms with Crippen LogP contribution in [-0.4, -0.2) is 16.1 Å². The first-order valence-corrected chi connectivity index (χ1v) is 5.58. The summed E-state index contributed by atoms with van der Waals surface area (Å²) in [6.07, 6.45) is 1.30. The molecule has 1 aromatic carbocycles. The van der Waals surface area contributed by atoms with Crippen molar-refractivity contribution in [3.8, 4) is 6.07 Å². The second kappa shape index (κ2) is 5.19. The van der Waals surface area contributed by atoms with Crippen LogP contribution in [0.2, 0.25) is 0 Å². The zero-order valence-corrected chi connectivity index (χ0v) is 10.2. The first-order valence-electron chi connectivity index (χ1n) is 5.58. The van der Waals surface area contributed by atoms with Crippen LogP contribution in [0, 0.1) is 18.3 Å². The molecule has 0 spiro atoms. The van der Waals surface area contributed by atoms with Gasteiger partial charge in [0.25, 0.3) is 0 Å². The molecule has 2 aromatic rings. The Morgan fingerprint density at radius 1 is 1.37 bits per heavy atom. The maximum Gasteiger partial charge on any atom is 0.339 e. The monoisotopic (exact) mass is 253 g/mol. The van der Waals surface area contributed by atoms with Gasteiger partial charge in [-0.15, -0.1) is 0 Å². The number of rotatable bonds is 3. The first kappa shape index (κ1) is 12.6. The molecule has 94 valence electrons. The maximum atomic E-state index is 11.1. The van der Waals surface area contributed by atoms with Gasteiger partial charge in [0, 0.05) is 11.9 Å². The SMILES string of the molecule is Cc1cc(Nc2ccccc2C#N)c(C(=O)O)cn1. The average molecular weight is 253 g/mol. The number of aryl methyl sites for hydroxylation is 1. The van der Waals surface area contributed by atoms with Gasteiger partial charge in [-0.1, -0.05) is 12.1 Å². The van der Waals surface area contributed by atoms with Gasteiger partial charge in [0.05, 0.1) is 16.9 Å². The molecule has 2 rings (SSSR count). The largest absolute Gasteiger partial charge is 0.478 e. The summed E-state index contributed by atoms with van der Waals surface area (Å²) in [5.41, 5.74) is 2.20. The molecule has 0 aliphatic rings. The van der Waals surface area contributed by atoms with Crippen molar-refractivity contribution >= 4 is 17.3 Å². The predicted molar refractivity (Wildman–Crippen MR) is 70.4 cm³/mol. The van der Waals surface area contributed by atoms with E-state index in [4.69, 9.17) is 10.4 Å². The zero-order valence-electron chi connectivity index (χ0n) is 10.2. The van der Waals surface area contributed by atoms with Gasteiger partial charge < -0.3 is 10.4 Å². The molecule has 0 bridgehead atoms. The highest BCUT2D eigenvalue weighted by Gasteiger charge is 2.12. The minimum atomic E-state index is -1.07. The van der Waals surface area contributed by atoms with E-state index < -0.39 is 5.97 Å². The molecule has 0 saturated heterocycles. The van der Waals surface area contributed by atoms with E-state index in [1.165, 1.54) is 6.20 Å². The Labute approximate surface area is 110 Å². The smallest absolute Gasteiger partial charge is 0.339 e. The molecule has 5 nitrogen and oxygen atoms in total. The number of hydrogen-bond donors (Lipinski definition) is 2. The fourth-order valence-electron chi connectivity index (χ4n) is 1.67. The lowest BCUT2D eigenvalue weighted by Crippen LogP contribution is -2.05. The van der Waals surface area contributed by atoms with Crippen LogP contribution in [0.4, 0.5) is 11.4 Å².